The van der Waals surface area contributed by atoms with Crippen LogP contribution in [-0.2, 0) is 4.74 Å². The van der Waals surface area contributed by atoms with E-state index < -0.39 is 31.0 Å². The molecule has 0 spiro atoms. The zero-order valence-corrected chi connectivity index (χ0v) is 14.7. The predicted molar refractivity (Wildman–Crippen MR) is 87.8 cm³/mol. The number of nitrogens with zero attached hydrogens (tertiary/aromatic N) is 3. The molecule has 0 amide bonds. The summed E-state index contributed by atoms with van der Waals surface area (Å²) in [6.45, 7) is 1.21. The van der Waals surface area contributed by atoms with Crippen LogP contribution in [0.2, 0.25) is 15.1 Å². The minimum absolute atomic E-state index is 0.209. The SMILES string of the molecule is Cc1nc(C2O[C@H](CO)[C@@H](O)[C@H]2O)n(-c2c(Cl)cc(Cl)cc2Cl)n1. The van der Waals surface area contributed by atoms with Crippen molar-refractivity contribution < 1.29 is 20.1 Å². The molecule has 130 valence electrons. The number of aryl methyl sites for hydroxylation is 1. The van der Waals surface area contributed by atoms with Crippen molar-refractivity contribution in [3.05, 3.63) is 38.8 Å². The minimum atomic E-state index is -1.28. The Bertz CT molecular complexity index is 747. The number of aliphatic hydroxyl groups excluding tert-OH is 3. The molecule has 2 aromatic rings. The highest BCUT2D eigenvalue weighted by molar-refractivity contribution is 6.40. The standard InChI is InChI=1S/C14H14Cl3N3O4/c1-5-18-14(13-12(23)11(22)9(4-21)24-13)20(19-5)10-7(16)2-6(15)3-8(10)17/h2-3,9,11-13,21-23H,4H2,1H3/t9-,11-,12-,13?/m1/s1. The number of ether oxygens (including phenoxy) is 1. The fourth-order valence-corrected chi connectivity index (χ4v) is 3.61. The van der Waals surface area contributed by atoms with Gasteiger partial charge in [0.1, 0.15) is 35.9 Å². The predicted octanol–water partition coefficient (Wildman–Crippen LogP) is 1.69. The van der Waals surface area contributed by atoms with E-state index in [1.165, 1.54) is 16.8 Å². The summed E-state index contributed by atoms with van der Waals surface area (Å²) in [5, 5.41) is 34.5. The summed E-state index contributed by atoms with van der Waals surface area (Å²) >= 11 is 18.4. The van der Waals surface area contributed by atoms with Crippen molar-refractivity contribution in [1.29, 1.82) is 0 Å². The second-order valence-corrected chi connectivity index (χ2v) is 6.66. The fourth-order valence-electron chi connectivity index (χ4n) is 2.63. The molecule has 0 aliphatic carbocycles. The van der Waals surface area contributed by atoms with E-state index in [1.807, 2.05) is 0 Å². The third kappa shape index (κ3) is 3.01. The Morgan fingerprint density at radius 3 is 2.33 bits per heavy atom. The lowest BCUT2D eigenvalue weighted by Crippen LogP contribution is -2.32. The molecular weight excluding hydrogens is 381 g/mol. The third-order valence-electron chi connectivity index (χ3n) is 3.73. The average molecular weight is 395 g/mol. The highest BCUT2D eigenvalue weighted by Gasteiger charge is 2.45. The Hall–Kier alpha value is -0.930. The van der Waals surface area contributed by atoms with Gasteiger partial charge in [-0.3, -0.25) is 0 Å². The molecule has 24 heavy (non-hydrogen) atoms. The number of halogens is 3. The van der Waals surface area contributed by atoms with Gasteiger partial charge in [-0.15, -0.1) is 0 Å². The lowest BCUT2D eigenvalue weighted by Gasteiger charge is -2.16. The minimum Gasteiger partial charge on any atom is -0.394 e. The fraction of sp³-hybridized carbons (Fsp3) is 0.429. The van der Waals surface area contributed by atoms with Crippen molar-refractivity contribution in [1.82, 2.24) is 14.8 Å². The van der Waals surface area contributed by atoms with E-state index in [0.717, 1.165) is 0 Å². The lowest BCUT2D eigenvalue weighted by atomic mass is 10.1. The summed E-state index contributed by atoms with van der Waals surface area (Å²) in [6.07, 6.45) is -4.45. The zero-order valence-electron chi connectivity index (χ0n) is 12.4. The van der Waals surface area contributed by atoms with Crippen LogP contribution in [0.15, 0.2) is 12.1 Å². The van der Waals surface area contributed by atoms with Gasteiger partial charge in [0.2, 0.25) is 0 Å². The smallest absolute Gasteiger partial charge is 0.164 e. The molecule has 0 radical (unpaired) electrons. The number of hydrogen-bond acceptors (Lipinski definition) is 6. The number of aliphatic hydroxyl groups is 3. The van der Waals surface area contributed by atoms with Crippen LogP contribution in [0.5, 0.6) is 0 Å². The van der Waals surface area contributed by atoms with Crippen LogP contribution in [0, 0.1) is 6.92 Å². The summed E-state index contributed by atoms with van der Waals surface area (Å²) in [5.74, 6) is 0.603. The summed E-state index contributed by atoms with van der Waals surface area (Å²) in [4.78, 5) is 4.25. The van der Waals surface area contributed by atoms with Crippen molar-refractivity contribution in [2.24, 2.45) is 0 Å². The van der Waals surface area contributed by atoms with E-state index in [2.05, 4.69) is 10.1 Å². The Morgan fingerprint density at radius 1 is 1.17 bits per heavy atom. The van der Waals surface area contributed by atoms with Crippen LogP contribution in [-0.4, -0.2) is 55.0 Å². The van der Waals surface area contributed by atoms with E-state index in [-0.39, 0.29) is 15.9 Å². The van der Waals surface area contributed by atoms with E-state index in [4.69, 9.17) is 39.5 Å². The number of aromatic nitrogens is 3. The number of hydrogen-bond donors (Lipinski definition) is 3. The maximum Gasteiger partial charge on any atom is 0.164 e. The van der Waals surface area contributed by atoms with E-state index in [1.54, 1.807) is 6.92 Å². The normalized spacial score (nSPS) is 27.0. The molecule has 1 fully saturated rings. The summed E-state index contributed by atoms with van der Waals surface area (Å²) < 4.78 is 6.86. The molecule has 0 bridgehead atoms. The maximum absolute atomic E-state index is 10.2. The monoisotopic (exact) mass is 393 g/mol. The average Bonchev–Trinajstić information content (AvgIpc) is 3.00. The zero-order chi connectivity index (χ0) is 17.6. The molecule has 3 N–H and O–H groups in total. The van der Waals surface area contributed by atoms with Crippen molar-refractivity contribution in [3.8, 4) is 5.69 Å². The van der Waals surface area contributed by atoms with Gasteiger partial charge in [-0.1, -0.05) is 34.8 Å². The Morgan fingerprint density at radius 2 is 1.79 bits per heavy atom. The van der Waals surface area contributed by atoms with Gasteiger partial charge in [0.15, 0.2) is 5.82 Å². The Labute approximate surface area is 152 Å². The maximum atomic E-state index is 10.2. The van der Waals surface area contributed by atoms with Crippen LogP contribution in [0.3, 0.4) is 0 Å². The van der Waals surface area contributed by atoms with Crippen molar-refractivity contribution >= 4 is 34.8 Å². The van der Waals surface area contributed by atoms with Gasteiger partial charge in [-0.05, 0) is 19.1 Å². The van der Waals surface area contributed by atoms with Gasteiger partial charge < -0.3 is 20.1 Å². The second kappa shape index (κ2) is 6.76. The van der Waals surface area contributed by atoms with Crippen LogP contribution in [0.25, 0.3) is 5.69 Å². The second-order valence-electron chi connectivity index (χ2n) is 5.41. The van der Waals surface area contributed by atoms with Gasteiger partial charge >= 0.3 is 0 Å². The van der Waals surface area contributed by atoms with Crippen molar-refractivity contribution in [2.45, 2.75) is 31.3 Å². The largest absolute Gasteiger partial charge is 0.394 e. The van der Waals surface area contributed by atoms with Gasteiger partial charge in [0.05, 0.1) is 16.7 Å². The highest BCUT2D eigenvalue weighted by atomic mass is 35.5. The van der Waals surface area contributed by atoms with Crippen LogP contribution in [0.1, 0.15) is 17.8 Å². The molecular formula is C14H14Cl3N3O4. The van der Waals surface area contributed by atoms with Gasteiger partial charge in [-0.2, -0.15) is 5.10 Å². The molecule has 1 aromatic heterocycles. The number of benzene rings is 1. The molecule has 4 atom stereocenters. The van der Waals surface area contributed by atoms with Crippen LogP contribution >= 0.6 is 34.8 Å². The first-order chi connectivity index (χ1) is 11.3. The Kier molecular flexibility index (Phi) is 5.04. The number of rotatable bonds is 3. The first kappa shape index (κ1) is 17.9. The topological polar surface area (TPSA) is 101 Å². The van der Waals surface area contributed by atoms with E-state index >= 15 is 0 Å². The van der Waals surface area contributed by atoms with Crippen LogP contribution in [0.4, 0.5) is 0 Å². The molecule has 1 aromatic carbocycles. The molecule has 7 nitrogen and oxygen atoms in total. The van der Waals surface area contributed by atoms with Gasteiger partial charge in [0.25, 0.3) is 0 Å². The molecule has 2 heterocycles. The Balaban J connectivity index is 2.10. The van der Waals surface area contributed by atoms with Crippen molar-refractivity contribution in [2.75, 3.05) is 6.61 Å². The molecule has 1 saturated heterocycles. The van der Waals surface area contributed by atoms with Gasteiger partial charge in [-0.25, -0.2) is 9.67 Å². The van der Waals surface area contributed by atoms with E-state index in [9.17, 15) is 15.3 Å². The highest BCUT2D eigenvalue weighted by Crippen LogP contribution is 2.37. The third-order valence-corrected chi connectivity index (χ3v) is 4.52. The quantitative estimate of drug-likeness (QED) is 0.732. The molecule has 1 aliphatic rings. The molecule has 0 saturated carbocycles. The van der Waals surface area contributed by atoms with Crippen molar-refractivity contribution in [3.63, 3.8) is 0 Å². The molecule has 10 heteroatoms. The first-order valence-corrected chi connectivity index (χ1v) is 8.17. The molecule has 3 rings (SSSR count). The van der Waals surface area contributed by atoms with Gasteiger partial charge in [0, 0.05) is 5.02 Å². The lowest BCUT2D eigenvalue weighted by molar-refractivity contribution is -0.0259. The summed E-state index contributed by atoms with van der Waals surface area (Å²) in [5.41, 5.74) is 0.330. The summed E-state index contributed by atoms with van der Waals surface area (Å²) in [6, 6.07) is 3.00. The van der Waals surface area contributed by atoms with Crippen LogP contribution < -0.4 is 0 Å². The first-order valence-electron chi connectivity index (χ1n) is 7.04. The molecule has 1 aliphatic heterocycles. The summed E-state index contributed by atoms with van der Waals surface area (Å²) in [7, 11) is 0. The molecule has 1 unspecified atom stereocenters. The van der Waals surface area contributed by atoms with E-state index in [0.29, 0.717) is 16.5 Å².